The van der Waals surface area contributed by atoms with E-state index in [-0.39, 0.29) is 79.1 Å². The molecule has 2 saturated carbocycles. The van der Waals surface area contributed by atoms with Crippen molar-refractivity contribution in [3.63, 3.8) is 0 Å². The first kappa shape index (κ1) is 71.1. The lowest BCUT2D eigenvalue weighted by atomic mass is 9.78. The summed E-state index contributed by atoms with van der Waals surface area (Å²) in [5, 5.41) is 2.80. The molecule has 4 fully saturated rings. The lowest BCUT2D eigenvalue weighted by Gasteiger charge is -2.36. The molecule has 20 nitrogen and oxygen atoms in total. The Balaban J connectivity index is 0.000000361. The molecule has 2 saturated heterocycles. The summed E-state index contributed by atoms with van der Waals surface area (Å²) in [6.45, 7) is 19.8. The highest BCUT2D eigenvalue weighted by atomic mass is 35.5. The second kappa shape index (κ2) is 34.1. The summed E-state index contributed by atoms with van der Waals surface area (Å²) >= 11 is 0. The van der Waals surface area contributed by atoms with Crippen LogP contribution in [0.2, 0.25) is 0 Å². The van der Waals surface area contributed by atoms with Crippen molar-refractivity contribution in [1.82, 2.24) is 15.1 Å². The number of rotatable bonds is 23. The Kier molecular flexibility index (Phi) is 28.9. The molecular formula is C63H97ClN4O16. The first-order valence-corrected chi connectivity index (χ1v) is 29.7. The maximum Gasteiger partial charge on any atom is 0.408 e. The highest BCUT2D eigenvalue weighted by Gasteiger charge is 2.47. The number of esters is 4. The Bertz CT molecular complexity index is 2360. The molecule has 6 atom stereocenters. The van der Waals surface area contributed by atoms with Crippen LogP contribution >= 0.6 is 12.4 Å². The quantitative estimate of drug-likeness (QED) is 0.0602. The molecule has 3 N–H and O–H groups in total. The van der Waals surface area contributed by atoms with Gasteiger partial charge in [0.25, 0.3) is 0 Å². The van der Waals surface area contributed by atoms with E-state index in [9.17, 15) is 33.6 Å². The first-order valence-electron chi connectivity index (χ1n) is 29.7. The van der Waals surface area contributed by atoms with Crippen molar-refractivity contribution in [3.8, 4) is 0 Å². The number of likely N-dealkylation sites (tertiary alicyclic amines) is 2. The highest BCUT2D eigenvalue weighted by Crippen LogP contribution is 2.36. The van der Waals surface area contributed by atoms with Crippen LogP contribution in [0.25, 0.3) is 0 Å². The minimum atomic E-state index is -0.947. The number of nitrogens with one attached hydrogen (secondary N) is 1. The van der Waals surface area contributed by atoms with E-state index in [1.165, 1.54) is 24.0 Å². The number of methoxy groups -OCH3 is 2. The van der Waals surface area contributed by atoms with E-state index < -0.39 is 64.9 Å². The average molecular weight is 1200 g/mol. The fraction of sp³-hybridized carbons (Fsp3) is 0.698. The molecule has 2 aromatic rings. The van der Waals surface area contributed by atoms with Gasteiger partial charge in [0.1, 0.15) is 34.9 Å². The Labute approximate surface area is 504 Å². The molecule has 0 aromatic heterocycles. The van der Waals surface area contributed by atoms with Gasteiger partial charge in [-0.15, -0.1) is 12.4 Å². The zero-order chi connectivity index (χ0) is 60.9. The fourth-order valence-electron chi connectivity index (χ4n) is 11.0. The molecule has 472 valence electrons. The van der Waals surface area contributed by atoms with Crippen molar-refractivity contribution in [2.45, 2.75) is 206 Å². The zero-order valence-corrected chi connectivity index (χ0v) is 52.4. The molecule has 84 heavy (non-hydrogen) atoms. The minimum absolute atomic E-state index is 0. The van der Waals surface area contributed by atoms with Crippen molar-refractivity contribution in [2.24, 2.45) is 29.4 Å². The number of amides is 3. The van der Waals surface area contributed by atoms with Crippen LogP contribution in [0.15, 0.2) is 60.7 Å². The van der Waals surface area contributed by atoms with Gasteiger partial charge >= 0.3 is 30.0 Å². The van der Waals surface area contributed by atoms with Gasteiger partial charge in [-0.3, -0.25) is 19.2 Å². The number of carbonyl (C=O) groups is 7. The van der Waals surface area contributed by atoms with E-state index in [4.69, 9.17) is 48.4 Å². The standard InChI is InChI=1S/C34H52N2O9.C29H44N2O7.ClH/c1-33(2,3)44-30(38)25-16-14-24(15-17-25)28(35-32(40)45-34(4,5)6)29(37)36-21-26(20-27(36)31(39)41-7)43-19-11-18-42-22-23-12-9-8-10-13-23;1-29(2,3)38-27(33)22-13-11-21(12-14-22)25(30)26(32)31-18-23(17-24(31)28(34)35-4)37-16-8-15-36-19-20-9-6-5-7-10-20;/h8-10,12-13,24-28H,11,14-22H2,1-7H3,(H,35,40);5-7,9-10,21-25H,8,11-19,30H2,1-4H3;1H/t24?,25?,26-,27+,28+;21?,22?,23-,24+,25+;/m11./s1. The van der Waals surface area contributed by atoms with Gasteiger partial charge in [-0.1, -0.05) is 60.7 Å². The maximum atomic E-state index is 14.2. The molecule has 0 unspecified atom stereocenters. The molecule has 0 bridgehead atoms. The third-order valence-electron chi connectivity index (χ3n) is 15.1. The van der Waals surface area contributed by atoms with Gasteiger partial charge in [0.15, 0.2) is 0 Å². The molecule has 4 aliphatic rings. The zero-order valence-electron chi connectivity index (χ0n) is 51.6. The molecule has 6 rings (SSSR count). The van der Waals surface area contributed by atoms with Crippen molar-refractivity contribution < 1.29 is 76.2 Å². The number of benzene rings is 2. The Morgan fingerprint density at radius 1 is 0.524 bits per heavy atom. The summed E-state index contributed by atoms with van der Waals surface area (Å²) in [7, 11) is 2.61. The van der Waals surface area contributed by atoms with Crippen LogP contribution in [-0.2, 0) is 84.6 Å². The molecule has 3 amide bonds. The highest BCUT2D eigenvalue weighted by molar-refractivity contribution is 5.91. The molecule has 2 heterocycles. The summed E-state index contributed by atoms with van der Waals surface area (Å²) in [5.41, 5.74) is 6.77. The molecule has 0 radical (unpaired) electrons. The van der Waals surface area contributed by atoms with E-state index in [0.29, 0.717) is 117 Å². The fourth-order valence-corrected chi connectivity index (χ4v) is 11.0. The number of hydrogen-bond acceptors (Lipinski definition) is 17. The van der Waals surface area contributed by atoms with Crippen LogP contribution in [-0.4, -0.2) is 158 Å². The molecule has 2 aromatic carbocycles. The summed E-state index contributed by atoms with van der Waals surface area (Å²) in [6, 6.07) is 16.6. The van der Waals surface area contributed by atoms with E-state index in [1.807, 2.05) is 102 Å². The third kappa shape index (κ3) is 23.8. The van der Waals surface area contributed by atoms with Crippen LogP contribution in [0.5, 0.6) is 0 Å². The predicted octanol–water partition coefficient (Wildman–Crippen LogP) is 8.44. The van der Waals surface area contributed by atoms with Gasteiger partial charge in [-0.05, 0) is 149 Å². The van der Waals surface area contributed by atoms with Crippen molar-refractivity contribution in [2.75, 3.05) is 53.7 Å². The van der Waals surface area contributed by atoms with Gasteiger partial charge in [0.2, 0.25) is 11.8 Å². The van der Waals surface area contributed by atoms with Gasteiger partial charge in [-0.2, -0.15) is 0 Å². The number of alkyl carbamates (subject to hydrolysis) is 1. The maximum absolute atomic E-state index is 14.2. The SMILES string of the molecule is COC(=O)[C@@H]1C[C@@H](OCCCOCc2ccccc2)CN1C(=O)[C@@H](N)C1CCC(C(=O)OC(C)(C)C)CC1.COC(=O)[C@@H]1C[C@@H](OCCCOCc2ccccc2)CN1C(=O)[C@@H](NC(=O)OC(C)(C)C)C1CCC(C(=O)OC(C)(C)C)CC1.Cl. The largest absolute Gasteiger partial charge is 0.467 e. The van der Waals surface area contributed by atoms with E-state index in [2.05, 4.69) is 5.32 Å². The number of nitrogens with zero attached hydrogens (tertiary/aromatic N) is 2. The number of ether oxygens (including phenoxy) is 9. The Morgan fingerprint density at radius 2 is 0.905 bits per heavy atom. The normalized spacial score (nSPS) is 23.3. The van der Waals surface area contributed by atoms with Gasteiger partial charge < -0.3 is 63.5 Å². The van der Waals surface area contributed by atoms with Crippen LogP contribution in [0.4, 0.5) is 4.79 Å². The first-order chi connectivity index (χ1) is 39.2. The van der Waals surface area contributed by atoms with Crippen molar-refractivity contribution in [1.29, 1.82) is 0 Å². The average Bonchev–Trinajstić information content (AvgIpc) is 4.29. The van der Waals surface area contributed by atoms with E-state index >= 15 is 0 Å². The topological polar surface area (TPSA) is 247 Å². The lowest BCUT2D eigenvalue weighted by Crippen LogP contribution is -2.56. The lowest BCUT2D eigenvalue weighted by molar-refractivity contribution is -0.162. The second-order valence-electron chi connectivity index (χ2n) is 25.2. The van der Waals surface area contributed by atoms with Crippen molar-refractivity contribution >= 4 is 54.2 Å². The molecular weight excluding hydrogens is 1100 g/mol. The monoisotopic (exact) mass is 1200 g/mol. The van der Waals surface area contributed by atoms with Crippen LogP contribution in [0.1, 0.15) is 150 Å². The molecule has 2 aliphatic carbocycles. The Hall–Kier alpha value is -5.38. The van der Waals surface area contributed by atoms with Crippen molar-refractivity contribution in [3.05, 3.63) is 71.8 Å². The van der Waals surface area contributed by atoms with Gasteiger partial charge in [-0.25, -0.2) is 14.4 Å². The summed E-state index contributed by atoms with van der Waals surface area (Å²) in [6.07, 6.45) is 5.36. The van der Waals surface area contributed by atoms with E-state index in [0.717, 1.165) is 11.1 Å². The molecule has 21 heteroatoms. The number of halogens is 1. The summed E-state index contributed by atoms with van der Waals surface area (Å²) in [5.74, 6) is -2.86. The number of nitrogens with two attached hydrogens (primary N) is 1. The number of hydrogen-bond donors (Lipinski definition) is 2. The number of carbonyl (C=O) groups excluding carboxylic acids is 7. The van der Waals surface area contributed by atoms with Crippen LogP contribution in [0.3, 0.4) is 0 Å². The van der Waals surface area contributed by atoms with Crippen LogP contribution in [0, 0.1) is 23.7 Å². The third-order valence-corrected chi connectivity index (χ3v) is 15.1. The van der Waals surface area contributed by atoms with Crippen LogP contribution < -0.4 is 11.1 Å². The van der Waals surface area contributed by atoms with E-state index in [1.54, 1.807) is 20.8 Å². The molecule has 0 spiro atoms. The smallest absolute Gasteiger partial charge is 0.408 e. The van der Waals surface area contributed by atoms with Gasteiger partial charge in [0.05, 0.1) is 57.5 Å². The summed E-state index contributed by atoms with van der Waals surface area (Å²) in [4.78, 5) is 93.9. The Morgan fingerprint density at radius 3 is 1.29 bits per heavy atom. The minimum Gasteiger partial charge on any atom is -0.467 e. The summed E-state index contributed by atoms with van der Waals surface area (Å²) < 4.78 is 50.1. The second-order valence-corrected chi connectivity index (χ2v) is 25.2. The molecule has 2 aliphatic heterocycles. The van der Waals surface area contributed by atoms with Gasteiger partial charge in [0, 0.05) is 52.4 Å². The predicted molar refractivity (Wildman–Crippen MR) is 316 cm³/mol.